The second kappa shape index (κ2) is 5.57. The van der Waals surface area contributed by atoms with Gasteiger partial charge in [-0.2, -0.15) is 0 Å². The number of nitrogens with two attached hydrogens (primary N) is 1. The molecular weight excluding hydrogens is 288 g/mol. The predicted molar refractivity (Wildman–Crippen MR) is 80.1 cm³/mol. The summed E-state index contributed by atoms with van der Waals surface area (Å²) in [6, 6.07) is 6.90. The van der Waals surface area contributed by atoms with Gasteiger partial charge in [-0.1, -0.05) is 0 Å². The minimum Gasteiger partial charge on any atom is -0.497 e. The highest BCUT2D eigenvalue weighted by molar-refractivity contribution is 5.75. The number of ether oxygens (including phenoxy) is 2. The topological polar surface area (TPSA) is 44.5 Å². The lowest BCUT2D eigenvalue weighted by atomic mass is 9.98. The van der Waals surface area contributed by atoms with Crippen LogP contribution in [-0.2, 0) is 6.42 Å². The quantitative estimate of drug-likeness (QED) is 0.946. The van der Waals surface area contributed by atoms with Gasteiger partial charge < -0.3 is 15.2 Å². The lowest BCUT2D eigenvalue weighted by Gasteiger charge is -2.16. The van der Waals surface area contributed by atoms with Gasteiger partial charge in [0.1, 0.15) is 29.2 Å². The summed E-state index contributed by atoms with van der Waals surface area (Å²) in [7, 11) is 1.55. The third kappa shape index (κ3) is 2.52. The number of halogens is 2. The minimum atomic E-state index is -0.636. The van der Waals surface area contributed by atoms with Gasteiger partial charge in [-0.3, -0.25) is 0 Å². The zero-order chi connectivity index (χ0) is 15.9. The first kappa shape index (κ1) is 14.8. The van der Waals surface area contributed by atoms with Crippen molar-refractivity contribution in [2.75, 3.05) is 7.11 Å². The van der Waals surface area contributed by atoms with Crippen molar-refractivity contribution < 1.29 is 18.3 Å². The molecule has 2 unspecified atom stereocenters. The Balaban J connectivity index is 2.14. The van der Waals surface area contributed by atoms with Crippen LogP contribution < -0.4 is 15.2 Å². The highest BCUT2D eigenvalue weighted by Crippen LogP contribution is 2.43. The Hall–Kier alpha value is -2.14. The maximum Gasteiger partial charge on any atom is 0.134 e. The lowest BCUT2D eigenvalue weighted by Crippen LogP contribution is -2.34. The van der Waals surface area contributed by atoms with Crippen LogP contribution >= 0.6 is 0 Å². The van der Waals surface area contributed by atoms with E-state index < -0.39 is 11.6 Å². The Morgan fingerprint density at radius 1 is 1.23 bits per heavy atom. The standard InChI is InChI=1S/C17H17F2NO2/c1-9(20)16-6-10-5-12(21-2)8-14(17(10)22-16)13-4-3-11(18)7-15(13)19/h3-5,7-9,16H,6,20H2,1-2H3. The largest absolute Gasteiger partial charge is 0.497 e. The second-order valence-corrected chi connectivity index (χ2v) is 5.51. The fraction of sp³-hybridized carbons (Fsp3) is 0.294. The molecule has 5 heteroatoms. The van der Waals surface area contributed by atoms with Gasteiger partial charge in [-0.25, -0.2) is 8.78 Å². The van der Waals surface area contributed by atoms with Gasteiger partial charge in [0.15, 0.2) is 0 Å². The first-order chi connectivity index (χ1) is 10.5. The smallest absolute Gasteiger partial charge is 0.134 e. The molecule has 3 nitrogen and oxygen atoms in total. The molecule has 0 spiro atoms. The molecule has 1 aliphatic heterocycles. The van der Waals surface area contributed by atoms with Crippen molar-refractivity contribution in [1.82, 2.24) is 0 Å². The highest BCUT2D eigenvalue weighted by atomic mass is 19.1. The number of benzene rings is 2. The monoisotopic (exact) mass is 305 g/mol. The SMILES string of the molecule is COc1cc2c(c(-c3ccc(F)cc3F)c1)OC(C(C)N)C2. The van der Waals surface area contributed by atoms with E-state index in [-0.39, 0.29) is 17.7 Å². The van der Waals surface area contributed by atoms with E-state index in [9.17, 15) is 8.78 Å². The van der Waals surface area contributed by atoms with E-state index in [4.69, 9.17) is 15.2 Å². The molecule has 2 aromatic carbocycles. The molecule has 0 aromatic heterocycles. The summed E-state index contributed by atoms with van der Waals surface area (Å²) in [4.78, 5) is 0. The van der Waals surface area contributed by atoms with Gasteiger partial charge in [-0.15, -0.1) is 0 Å². The molecule has 116 valence electrons. The van der Waals surface area contributed by atoms with Crippen molar-refractivity contribution in [1.29, 1.82) is 0 Å². The number of hydrogen-bond acceptors (Lipinski definition) is 3. The average Bonchev–Trinajstić information content (AvgIpc) is 2.90. The maximum atomic E-state index is 14.1. The van der Waals surface area contributed by atoms with Crippen LogP contribution in [0.4, 0.5) is 8.78 Å². The third-order valence-corrected chi connectivity index (χ3v) is 3.87. The summed E-state index contributed by atoms with van der Waals surface area (Å²) in [5, 5.41) is 0. The first-order valence-corrected chi connectivity index (χ1v) is 7.08. The Kier molecular flexibility index (Phi) is 3.74. The molecule has 0 radical (unpaired) electrons. The van der Waals surface area contributed by atoms with Crippen molar-refractivity contribution >= 4 is 0 Å². The van der Waals surface area contributed by atoms with Crippen LogP contribution in [0.15, 0.2) is 30.3 Å². The molecule has 0 fully saturated rings. The summed E-state index contributed by atoms with van der Waals surface area (Å²) >= 11 is 0. The molecule has 0 amide bonds. The molecule has 2 aromatic rings. The van der Waals surface area contributed by atoms with E-state index in [2.05, 4.69) is 0 Å². The molecular formula is C17H17F2NO2. The molecule has 0 saturated carbocycles. The molecule has 0 aliphatic carbocycles. The van der Waals surface area contributed by atoms with Crippen LogP contribution in [0.5, 0.6) is 11.5 Å². The Bertz CT molecular complexity index is 716. The zero-order valence-electron chi connectivity index (χ0n) is 12.4. The molecule has 1 aliphatic rings. The normalized spacial score (nSPS) is 17.8. The van der Waals surface area contributed by atoms with Crippen LogP contribution in [0.25, 0.3) is 11.1 Å². The third-order valence-electron chi connectivity index (χ3n) is 3.87. The van der Waals surface area contributed by atoms with Crippen molar-refractivity contribution in [3.63, 3.8) is 0 Å². The van der Waals surface area contributed by atoms with Gasteiger partial charge in [0.25, 0.3) is 0 Å². The van der Waals surface area contributed by atoms with Gasteiger partial charge >= 0.3 is 0 Å². The van der Waals surface area contributed by atoms with Crippen molar-refractivity contribution in [2.24, 2.45) is 5.73 Å². The Morgan fingerprint density at radius 2 is 2.00 bits per heavy atom. The maximum absolute atomic E-state index is 14.1. The van der Waals surface area contributed by atoms with Gasteiger partial charge in [0.2, 0.25) is 0 Å². The van der Waals surface area contributed by atoms with Crippen molar-refractivity contribution in [3.05, 3.63) is 47.5 Å². The van der Waals surface area contributed by atoms with Crippen LogP contribution in [-0.4, -0.2) is 19.3 Å². The van der Waals surface area contributed by atoms with E-state index >= 15 is 0 Å². The summed E-state index contributed by atoms with van der Waals surface area (Å²) in [6.45, 7) is 1.87. The molecule has 0 saturated heterocycles. The van der Waals surface area contributed by atoms with Crippen molar-refractivity contribution in [2.45, 2.75) is 25.5 Å². The summed E-state index contributed by atoms with van der Waals surface area (Å²) in [5.74, 6) is -0.0570. The van der Waals surface area contributed by atoms with Gasteiger partial charge in [-0.05, 0) is 31.2 Å². The molecule has 2 N–H and O–H groups in total. The average molecular weight is 305 g/mol. The van der Waals surface area contributed by atoms with E-state index in [1.165, 1.54) is 12.1 Å². The number of hydrogen-bond donors (Lipinski definition) is 1. The minimum absolute atomic E-state index is 0.149. The highest BCUT2D eigenvalue weighted by Gasteiger charge is 2.30. The van der Waals surface area contributed by atoms with E-state index in [1.54, 1.807) is 13.2 Å². The van der Waals surface area contributed by atoms with Crippen LogP contribution in [0.2, 0.25) is 0 Å². The van der Waals surface area contributed by atoms with Crippen molar-refractivity contribution in [3.8, 4) is 22.6 Å². The number of rotatable bonds is 3. The van der Waals surface area contributed by atoms with E-state index in [0.29, 0.717) is 23.5 Å². The zero-order valence-corrected chi connectivity index (χ0v) is 12.4. The molecule has 1 heterocycles. The lowest BCUT2D eigenvalue weighted by molar-refractivity contribution is 0.207. The molecule has 22 heavy (non-hydrogen) atoms. The van der Waals surface area contributed by atoms with E-state index in [0.717, 1.165) is 11.6 Å². The fourth-order valence-electron chi connectivity index (χ4n) is 2.68. The molecule has 3 rings (SSSR count). The Morgan fingerprint density at radius 3 is 2.64 bits per heavy atom. The number of methoxy groups -OCH3 is 1. The van der Waals surface area contributed by atoms with Gasteiger partial charge in [0, 0.05) is 35.2 Å². The molecule has 0 bridgehead atoms. The van der Waals surface area contributed by atoms with Crippen LogP contribution in [0.1, 0.15) is 12.5 Å². The second-order valence-electron chi connectivity index (χ2n) is 5.51. The van der Waals surface area contributed by atoms with Crippen LogP contribution in [0, 0.1) is 11.6 Å². The number of fused-ring (bicyclic) bond motifs is 1. The predicted octanol–water partition coefficient (Wildman–Crippen LogP) is 3.29. The Labute approximate surface area is 127 Å². The van der Waals surface area contributed by atoms with Gasteiger partial charge in [0.05, 0.1) is 7.11 Å². The first-order valence-electron chi connectivity index (χ1n) is 7.08. The summed E-state index contributed by atoms with van der Waals surface area (Å²) in [5.41, 5.74) is 7.65. The fourth-order valence-corrected chi connectivity index (χ4v) is 2.68. The van der Waals surface area contributed by atoms with Crippen LogP contribution in [0.3, 0.4) is 0 Å². The summed E-state index contributed by atoms with van der Waals surface area (Å²) in [6.07, 6.45) is 0.476. The molecule has 2 atom stereocenters. The summed E-state index contributed by atoms with van der Waals surface area (Å²) < 4.78 is 38.4. The van der Waals surface area contributed by atoms with E-state index in [1.807, 2.05) is 13.0 Å².